The van der Waals surface area contributed by atoms with Crippen molar-refractivity contribution in [1.82, 2.24) is 24.9 Å². The second-order valence-corrected chi connectivity index (χ2v) is 10.5. The minimum atomic E-state index is -3.19. The van der Waals surface area contributed by atoms with Crippen LogP contribution in [-0.2, 0) is 21.1 Å². The summed E-state index contributed by atoms with van der Waals surface area (Å²) in [7, 11) is -3.19. The molecule has 1 amide bonds. The molecule has 1 fully saturated rings. The van der Waals surface area contributed by atoms with Gasteiger partial charge in [-0.2, -0.15) is 4.98 Å². The Morgan fingerprint density at radius 1 is 1.12 bits per heavy atom. The molecule has 10 heteroatoms. The van der Waals surface area contributed by atoms with E-state index in [4.69, 9.17) is 0 Å². The Morgan fingerprint density at radius 3 is 2.47 bits per heavy atom. The first kappa shape index (κ1) is 22.2. The molecular weight excluding hydrogens is 428 g/mol. The standard InChI is InChI=1S/C22H28N6O3S/c1-4-32(30,31)19-7-5-18(6-8-19)27-11-9-17(10-12-27)24-21(29)14-20-25-22-23-15(2)13-16(3)28(22)26-20/h5-8,13,17H,4,9-12,14H2,1-3H3,(H,24,29). The van der Waals surface area contributed by atoms with Crippen LogP contribution in [0.2, 0.25) is 0 Å². The van der Waals surface area contributed by atoms with Crippen LogP contribution in [0.5, 0.6) is 0 Å². The number of aromatic nitrogens is 4. The van der Waals surface area contributed by atoms with Crippen LogP contribution in [0.25, 0.3) is 5.78 Å². The van der Waals surface area contributed by atoms with Gasteiger partial charge in [0.25, 0.3) is 5.78 Å². The van der Waals surface area contributed by atoms with Crippen molar-refractivity contribution >= 4 is 27.2 Å². The fourth-order valence-electron chi connectivity index (χ4n) is 4.02. The van der Waals surface area contributed by atoms with Crippen molar-refractivity contribution < 1.29 is 13.2 Å². The first-order valence-electron chi connectivity index (χ1n) is 10.8. The third-order valence-electron chi connectivity index (χ3n) is 5.78. The van der Waals surface area contributed by atoms with Crippen LogP contribution >= 0.6 is 0 Å². The molecule has 0 spiro atoms. The summed E-state index contributed by atoms with van der Waals surface area (Å²) in [5.41, 5.74) is 2.79. The second kappa shape index (κ2) is 8.85. The number of carbonyl (C=O) groups excluding carboxylic acids is 1. The van der Waals surface area contributed by atoms with Crippen molar-refractivity contribution in [3.05, 3.63) is 47.5 Å². The molecule has 0 atom stereocenters. The lowest BCUT2D eigenvalue weighted by Gasteiger charge is -2.34. The number of hydrogen-bond donors (Lipinski definition) is 1. The molecule has 3 aromatic rings. The van der Waals surface area contributed by atoms with E-state index in [1.165, 1.54) is 0 Å². The fraction of sp³-hybridized carbons (Fsp3) is 0.455. The predicted molar refractivity (Wildman–Crippen MR) is 122 cm³/mol. The number of hydrogen-bond acceptors (Lipinski definition) is 7. The fourth-order valence-corrected chi connectivity index (χ4v) is 4.90. The molecule has 0 unspecified atom stereocenters. The molecular formula is C22H28N6O3S. The zero-order chi connectivity index (χ0) is 22.9. The first-order valence-corrected chi connectivity index (χ1v) is 12.5. The Morgan fingerprint density at radius 2 is 1.81 bits per heavy atom. The average Bonchev–Trinajstić information content (AvgIpc) is 3.16. The highest BCUT2D eigenvalue weighted by atomic mass is 32.2. The van der Waals surface area contributed by atoms with Gasteiger partial charge in [0.2, 0.25) is 5.91 Å². The molecule has 0 saturated carbocycles. The molecule has 0 aliphatic carbocycles. The van der Waals surface area contributed by atoms with Crippen molar-refractivity contribution in [2.24, 2.45) is 0 Å². The van der Waals surface area contributed by atoms with E-state index in [-0.39, 0.29) is 24.1 Å². The minimum absolute atomic E-state index is 0.0946. The molecule has 1 aliphatic rings. The average molecular weight is 457 g/mol. The lowest BCUT2D eigenvalue weighted by atomic mass is 10.0. The number of aryl methyl sites for hydroxylation is 2. The first-order chi connectivity index (χ1) is 15.2. The topological polar surface area (TPSA) is 110 Å². The highest BCUT2D eigenvalue weighted by Gasteiger charge is 2.22. The lowest BCUT2D eigenvalue weighted by Crippen LogP contribution is -2.45. The quantitative estimate of drug-likeness (QED) is 0.603. The molecule has 1 saturated heterocycles. The summed E-state index contributed by atoms with van der Waals surface area (Å²) in [6.45, 7) is 7.07. The predicted octanol–water partition coefficient (Wildman–Crippen LogP) is 1.86. The van der Waals surface area contributed by atoms with Crippen molar-refractivity contribution in [3.8, 4) is 0 Å². The Bertz CT molecular complexity index is 1230. The van der Waals surface area contributed by atoms with E-state index < -0.39 is 9.84 Å². The SMILES string of the molecule is CCS(=O)(=O)c1ccc(N2CCC(NC(=O)Cc3nc4nc(C)cc(C)n4n3)CC2)cc1. The van der Waals surface area contributed by atoms with E-state index in [1.54, 1.807) is 23.6 Å². The molecule has 1 aromatic carbocycles. The Hall–Kier alpha value is -3.01. The highest BCUT2D eigenvalue weighted by molar-refractivity contribution is 7.91. The molecule has 0 radical (unpaired) electrons. The van der Waals surface area contributed by atoms with Gasteiger partial charge in [-0.3, -0.25) is 4.79 Å². The summed E-state index contributed by atoms with van der Waals surface area (Å²) >= 11 is 0. The number of carbonyl (C=O) groups is 1. The van der Waals surface area contributed by atoms with Gasteiger partial charge in [0.15, 0.2) is 15.7 Å². The van der Waals surface area contributed by atoms with Crippen LogP contribution < -0.4 is 10.2 Å². The third-order valence-corrected chi connectivity index (χ3v) is 7.53. The van der Waals surface area contributed by atoms with Gasteiger partial charge in [-0.05, 0) is 57.0 Å². The Kier molecular flexibility index (Phi) is 6.14. The summed E-state index contributed by atoms with van der Waals surface area (Å²) in [6, 6.07) is 9.07. The van der Waals surface area contributed by atoms with Gasteiger partial charge < -0.3 is 10.2 Å². The zero-order valence-electron chi connectivity index (χ0n) is 18.6. The maximum atomic E-state index is 12.5. The number of fused-ring (bicyclic) bond motifs is 1. The summed E-state index contributed by atoms with van der Waals surface area (Å²) in [5, 5.41) is 7.49. The van der Waals surface area contributed by atoms with Gasteiger partial charge in [0.1, 0.15) is 0 Å². The van der Waals surface area contributed by atoms with Crippen LogP contribution in [0.1, 0.15) is 37.0 Å². The number of amides is 1. The normalized spacial score (nSPS) is 15.3. The second-order valence-electron chi connectivity index (χ2n) is 8.18. The number of sulfone groups is 1. The number of anilines is 1. The van der Waals surface area contributed by atoms with E-state index >= 15 is 0 Å². The third kappa shape index (κ3) is 4.74. The molecule has 1 aliphatic heterocycles. The van der Waals surface area contributed by atoms with Crippen LogP contribution in [0, 0.1) is 13.8 Å². The number of nitrogens with zero attached hydrogens (tertiary/aromatic N) is 5. The zero-order valence-corrected chi connectivity index (χ0v) is 19.4. The van der Waals surface area contributed by atoms with Gasteiger partial charge in [-0.1, -0.05) is 6.92 Å². The molecule has 32 heavy (non-hydrogen) atoms. The van der Waals surface area contributed by atoms with Crippen molar-refractivity contribution in [1.29, 1.82) is 0 Å². The highest BCUT2D eigenvalue weighted by Crippen LogP contribution is 2.22. The number of rotatable bonds is 6. The Balaban J connectivity index is 1.31. The molecule has 170 valence electrons. The van der Waals surface area contributed by atoms with Crippen molar-refractivity contribution in [3.63, 3.8) is 0 Å². The van der Waals surface area contributed by atoms with Crippen LogP contribution in [0.4, 0.5) is 5.69 Å². The van der Waals surface area contributed by atoms with E-state index in [2.05, 4.69) is 25.3 Å². The van der Waals surface area contributed by atoms with Gasteiger partial charge in [-0.15, -0.1) is 5.10 Å². The van der Waals surface area contributed by atoms with Crippen molar-refractivity contribution in [2.45, 2.75) is 51.0 Å². The van der Waals surface area contributed by atoms with E-state index in [1.807, 2.05) is 32.0 Å². The number of nitrogens with one attached hydrogen (secondary N) is 1. The van der Waals surface area contributed by atoms with Gasteiger partial charge >= 0.3 is 0 Å². The summed E-state index contributed by atoms with van der Waals surface area (Å²) in [6.07, 6.45) is 1.76. The van der Waals surface area contributed by atoms with Crippen LogP contribution in [0.15, 0.2) is 35.2 Å². The van der Waals surface area contributed by atoms with Gasteiger partial charge in [0.05, 0.1) is 17.1 Å². The monoisotopic (exact) mass is 456 g/mol. The lowest BCUT2D eigenvalue weighted by molar-refractivity contribution is -0.121. The maximum Gasteiger partial charge on any atom is 0.252 e. The summed E-state index contributed by atoms with van der Waals surface area (Å²) in [4.78, 5) is 23.8. The van der Waals surface area contributed by atoms with Crippen LogP contribution in [-0.4, -0.2) is 58.8 Å². The van der Waals surface area contributed by atoms with Crippen molar-refractivity contribution in [2.75, 3.05) is 23.7 Å². The molecule has 0 bridgehead atoms. The van der Waals surface area contributed by atoms with E-state index in [0.717, 1.165) is 43.0 Å². The van der Waals surface area contributed by atoms with E-state index in [0.29, 0.717) is 16.5 Å². The molecule has 2 aromatic heterocycles. The molecule has 3 heterocycles. The van der Waals surface area contributed by atoms with Gasteiger partial charge in [0, 0.05) is 36.2 Å². The smallest absolute Gasteiger partial charge is 0.252 e. The molecule has 4 rings (SSSR count). The molecule has 9 nitrogen and oxygen atoms in total. The minimum Gasteiger partial charge on any atom is -0.371 e. The molecule has 1 N–H and O–H groups in total. The maximum absolute atomic E-state index is 12.5. The number of benzene rings is 1. The summed E-state index contributed by atoms with van der Waals surface area (Å²) < 4.78 is 25.6. The number of piperidine rings is 1. The largest absolute Gasteiger partial charge is 0.371 e. The van der Waals surface area contributed by atoms with Crippen LogP contribution in [0.3, 0.4) is 0 Å². The Labute approximate surface area is 187 Å². The summed E-state index contributed by atoms with van der Waals surface area (Å²) in [5.74, 6) is 0.972. The van der Waals surface area contributed by atoms with E-state index in [9.17, 15) is 13.2 Å². The van der Waals surface area contributed by atoms with Gasteiger partial charge in [-0.25, -0.2) is 17.9 Å².